The Balaban J connectivity index is 1.65. The van der Waals surface area contributed by atoms with E-state index in [4.69, 9.17) is 16.3 Å². The van der Waals surface area contributed by atoms with Crippen LogP contribution in [0, 0.1) is 5.92 Å². The molecule has 3 nitrogen and oxygen atoms in total. The quantitative estimate of drug-likeness (QED) is 0.919. The lowest BCUT2D eigenvalue weighted by atomic mass is 10.3. The number of methoxy groups -OCH3 is 1. The highest BCUT2D eigenvalue weighted by Crippen LogP contribution is 2.42. The van der Waals surface area contributed by atoms with Crippen molar-refractivity contribution in [2.24, 2.45) is 10.9 Å². The number of aliphatic imine (C=N–C) groups is 1. The second-order valence-corrected chi connectivity index (χ2v) is 6.25. The topological polar surface area (TPSA) is 33.6 Å². The lowest BCUT2D eigenvalue weighted by Crippen LogP contribution is -2.09. The molecule has 1 aliphatic carbocycles. The zero-order chi connectivity index (χ0) is 12.5. The van der Waals surface area contributed by atoms with Crippen LogP contribution in [0.2, 0.25) is 5.02 Å². The Hall–Kier alpha value is -0.870. The first-order valence-electron chi connectivity index (χ1n) is 6.08. The summed E-state index contributed by atoms with van der Waals surface area (Å²) in [5.74, 6) is 1.57. The van der Waals surface area contributed by atoms with Gasteiger partial charge < -0.3 is 10.1 Å². The van der Waals surface area contributed by atoms with Gasteiger partial charge in [0, 0.05) is 17.0 Å². The average molecular weight is 283 g/mol. The Morgan fingerprint density at radius 3 is 3.00 bits per heavy atom. The van der Waals surface area contributed by atoms with Gasteiger partial charge in [0.05, 0.1) is 18.7 Å². The summed E-state index contributed by atoms with van der Waals surface area (Å²) in [6.07, 6.45) is 2.74. The second kappa shape index (κ2) is 5.02. The SMILES string of the molecule is COc1cc(NC2=NCC(C3CC3)S2)ccc1Cl. The number of halogens is 1. The molecule has 1 aromatic rings. The smallest absolute Gasteiger partial charge is 0.161 e. The molecule has 1 aromatic carbocycles. The number of thioether (sulfide) groups is 1. The number of hydrogen-bond acceptors (Lipinski definition) is 4. The number of nitrogens with zero attached hydrogens (tertiary/aromatic N) is 1. The van der Waals surface area contributed by atoms with E-state index in [1.807, 2.05) is 30.0 Å². The molecule has 1 fully saturated rings. The summed E-state index contributed by atoms with van der Waals surface area (Å²) < 4.78 is 5.20. The van der Waals surface area contributed by atoms with Gasteiger partial charge in [0.25, 0.3) is 0 Å². The molecule has 0 saturated heterocycles. The third-order valence-corrected chi connectivity index (χ3v) is 4.83. The minimum absolute atomic E-state index is 0.625. The molecule has 3 rings (SSSR count). The van der Waals surface area contributed by atoms with Crippen molar-refractivity contribution in [1.82, 2.24) is 0 Å². The molecule has 0 bridgehead atoms. The zero-order valence-corrected chi connectivity index (χ0v) is 11.7. The summed E-state index contributed by atoms with van der Waals surface area (Å²) in [5.41, 5.74) is 0.971. The van der Waals surface area contributed by atoms with Crippen LogP contribution in [-0.4, -0.2) is 24.1 Å². The van der Waals surface area contributed by atoms with E-state index in [9.17, 15) is 0 Å². The number of nitrogens with one attached hydrogen (secondary N) is 1. The van der Waals surface area contributed by atoms with Gasteiger partial charge in [0.1, 0.15) is 5.75 Å². The van der Waals surface area contributed by atoms with Crippen LogP contribution in [-0.2, 0) is 0 Å². The maximum absolute atomic E-state index is 6.00. The lowest BCUT2D eigenvalue weighted by Gasteiger charge is -2.09. The Morgan fingerprint density at radius 2 is 2.28 bits per heavy atom. The Morgan fingerprint density at radius 1 is 1.44 bits per heavy atom. The fraction of sp³-hybridized carbons (Fsp3) is 0.462. The molecule has 1 saturated carbocycles. The first-order valence-corrected chi connectivity index (χ1v) is 7.33. The molecule has 18 heavy (non-hydrogen) atoms. The van der Waals surface area contributed by atoms with Gasteiger partial charge in [-0.1, -0.05) is 23.4 Å². The van der Waals surface area contributed by atoms with Crippen molar-refractivity contribution in [3.05, 3.63) is 23.2 Å². The number of anilines is 1. The van der Waals surface area contributed by atoms with Crippen molar-refractivity contribution in [2.75, 3.05) is 19.0 Å². The van der Waals surface area contributed by atoms with Crippen molar-refractivity contribution in [3.63, 3.8) is 0 Å². The van der Waals surface area contributed by atoms with Gasteiger partial charge in [-0.25, -0.2) is 0 Å². The van der Waals surface area contributed by atoms with E-state index in [1.165, 1.54) is 12.8 Å². The molecule has 2 aliphatic rings. The van der Waals surface area contributed by atoms with Gasteiger partial charge >= 0.3 is 0 Å². The van der Waals surface area contributed by atoms with Gasteiger partial charge in [0.2, 0.25) is 0 Å². The van der Waals surface area contributed by atoms with Crippen LogP contribution in [0.25, 0.3) is 0 Å². The van der Waals surface area contributed by atoms with E-state index >= 15 is 0 Å². The van der Waals surface area contributed by atoms with Crippen LogP contribution in [0.4, 0.5) is 5.69 Å². The predicted molar refractivity (Wildman–Crippen MR) is 78.0 cm³/mol. The van der Waals surface area contributed by atoms with Crippen molar-refractivity contribution >= 4 is 34.2 Å². The summed E-state index contributed by atoms with van der Waals surface area (Å²) in [6.45, 7) is 0.947. The molecule has 1 unspecified atom stereocenters. The van der Waals surface area contributed by atoms with E-state index in [1.54, 1.807) is 7.11 Å². The Labute approximate surface area is 116 Å². The third-order valence-electron chi connectivity index (χ3n) is 3.23. The first kappa shape index (κ1) is 12.2. The highest BCUT2D eigenvalue weighted by Gasteiger charge is 2.35. The van der Waals surface area contributed by atoms with E-state index in [2.05, 4.69) is 10.3 Å². The molecule has 1 heterocycles. The first-order chi connectivity index (χ1) is 8.76. The van der Waals surface area contributed by atoms with Crippen molar-refractivity contribution < 1.29 is 4.74 Å². The van der Waals surface area contributed by atoms with Crippen LogP contribution >= 0.6 is 23.4 Å². The van der Waals surface area contributed by atoms with Crippen molar-refractivity contribution in [1.29, 1.82) is 0 Å². The van der Waals surface area contributed by atoms with Gasteiger partial charge in [0.15, 0.2) is 5.17 Å². The Kier molecular flexibility index (Phi) is 3.39. The molecule has 96 valence electrons. The standard InChI is InChI=1S/C13H15ClN2OS/c1-17-11-6-9(4-5-10(11)14)16-13-15-7-12(18-13)8-2-3-8/h4-6,8,12H,2-3,7H2,1H3,(H,15,16). The maximum atomic E-state index is 6.00. The minimum atomic E-state index is 0.625. The van der Waals surface area contributed by atoms with Crippen LogP contribution in [0.5, 0.6) is 5.75 Å². The van der Waals surface area contributed by atoms with Gasteiger partial charge in [-0.15, -0.1) is 0 Å². The van der Waals surface area contributed by atoms with Crippen LogP contribution in [0.1, 0.15) is 12.8 Å². The van der Waals surface area contributed by atoms with E-state index < -0.39 is 0 Å². The van der Waals surface area contributed by atoms with Crippen molar-refractivity contribution in [3.8, 4) is 5.75 Å². The number of rotatable bonds is 3. The minimum Gasteiger partial charge on any atom is -0.495 e. The monoisotopic (exact) mass is 282 g/mol. The molecule has 0 aromatic heterocycles. The lowest BCUT2D eigenvalue weighted by molar-refractivity contribution is 0.415. The number of ether oxygens (including phenoxy) is 1. The largest absolute Gasteiger partial charge is 0.495 e. The summed E-state index contributed by atoms with van der Waals surface area (Å²) in [5, 5.41) is 5.65. The van der Waals surface area contributed by atoms with Gasteiger partial charge in [-0.05, 0) is 30.9 Å². The fourth-order valence-corrected chi connectivity index (χ4v) is 3.46. The highest BCUT2D eigenvalue weighted by atomic mass is 35.5. The molecule has 0 amide bonds. The van der Waals surface area contributed by atoms with Crippen molar-refractivity contribution in [2.45, 2.75) is 18.1 Å². The van der Waals surface area contributed by atoms with E-state index in [0.717, 1.165) is 23.3 Å². The summed E-state index contributed by atoms with van der Waals surface area (Å²) in [6, 6.07) is 5.68. The van der Waals surface area contributed by atoms with Gasteiger partial charge in [-0.3, -0.25) is 4.99 Å². The molecule has 1 atom stereocenters. The number of benzene rings is 1. The summed E-state index contributed by atoms with van der Waals surface area (Å²) >= 11 is 7.86. The summed E-state index contributed by atoms with van der Waals surface area (Å²) in [7, 11) is 1.62. The van der Waals surface area contributed by atoms with Crippen LogP contribution in [0.15, 0.2) is 23.2 Å². The van der Waals surface area contributed by atoms with Crippen LogP contribution in [0.3, 0.4) is 0 Å². The maximum Gasteiger partial charge on any atom is 0.161 e. The number of amidine groups is 1. The molecule has 1 N–H and O–H groups in total. The molecular formula is C13H15ClN2OS. The average Bonchev–Trinajstić information content (AvgIpc) is 3.13. The molecular weight excluding hydrogens is 268 g/mol. The van der Waals surface area contributed by atoms with Crippen LogP contribution < -0.4 is 10.1 Å². The normalized spacial score (nSPS) is 22.8. The van der Waals surface area contributed by atoms with E-state index in [-0.39, 0.29) is 0 Å². The second-order valence-electron chi connectivity index (χ2n) is 4.61. The highest BCUT2D eigenvalue weighted by molar-refractivity contribution is 8.15. The number of hydrogen-bond donors (Lipinski definition) is 1. The molecule has 5 heteroatoms. The summed E-state index contributed by atoms with van der Waals surface area (Å²) in [4.78, 5) is 4.55. The Bertz CT molecular complexity index is 488. The molecule has 0 spiro atoms. The molecule has 1 aliphatic heterocycles. The van der Waals surface area contributed by atoms with E-state index in [0.29, 0.717) is 16.0 Å². The molecule has 0 radical (unpaired) electrons. The van der Waals surface area contributed by atoms with Gasteiger partial charge in [-0.2, -0.15) is 0 Å². The third kappa shape index (κ3) is 2.59. The predicted octanol–water partition coefficient (Wildman–Crippen LogP) is 3.64. The fourth-order valence-electron chi connectivity index (χ4n) is 2.03. The zero-order valence-electron chi connectivity index (χ0n) is 10.1.